The molecule has 1 N–H and O–H groups in total. The molecule has 0 atom stereocenters. The molecule has 8 heteroatoms. The number of sulfonamides is 1. The summed E-state index contributed by atoms with van der Waals surface area (Å²) in [4.78, 5) is 0.245. The lowest BCUT2D eigenvalue weighted by Crippen LogP contribution is -2.13. The minimum atomic E-state index is -3.63. The molecule has 0 spiro atoms. The Bertz CT molecular complexity index is 951. The van der Waals surface area contributed by atoms with Gasteiger partial charge in [-0.05, 0) is 65.2 Å². The summed E-state index contributed by atoms with van der Waals surface area (Å²) in [5, 5.41) is 11.0. The van der Waals surface area contributed by atoms with Crippen molar-refractivity contribution in [1.29, 1.82) is 0 Å². The highest BCUT2D eigenvalue weighted by atomic mass is 32.2. The first-order chi connectivity index (χ1) is 12.0. The Hall–Kier alpha value is -2.74. The van der Waals surface area contributed by atoms with Gasteiger partial charge in [0.1, 0.15) is 6.33 Å². The minimum absolute atomic E-state index is 0.245. The molecule has 0 aliphatic carbocycles. The van der Waals surface area contributed by atoms with E-state index in [9.17, 15) is 8.42 Å². The highest BCUT2D eigenvalue weighted by molar-refractivity contribution is 7.92. The molecule has 7 nitrogen and oxygen atoms in total. The Morgan fingerprint density at radius 3 is 2.48 bits per heavy atom. The summed E-state index contributed by atoms with van der Waals surface area (Å²) in [6.07, 6.45) is 3.45. The van der Waals surface area contributed by atoms with Gasteiger partial charge < -0.3 is 0 Å². The predicted molar refractivity (Wildman–Crippen MR) is 95.1 cm³/mol. The van der Waals surface area contributed by atoms with Gasteiger partial charge in [-0.15, -0.1) is 5.10 Å². The van der Waals surface area contributed by atoms with Crippen LogP contribution >= 0.6 is 0 Å². The smallest absolute Gasteiger partial charge is 0.261 e. The molecular formula is C17H19N5O2S. The van der Waals surface area contributed by atoms with Crippen molar-refractivity contribution < 1.29 is 8.42 Å². The summed E-state index contributed by atoms with van der Waals surface area (Å²) in [7, 11) is -3.63. The van der Waals surface area contributed by atoms with Gasteiger partial charge in [0.2, 0.25) is 0 Å². The summed E-state index contributed by atoms with van der Waals surface area (Å²) in [5.74, 6) is 0. The van der Waals surface area contributed by atoms with E-state index in [0.717, 1.165) is 29.7 Å². The third-order valence-electron chi connectivity index (χ3n) is 3.82. The van der Waals surface area contributed by atoms with Gasteiger partial charge in [-0.25, -0.2) is 13.1 Å². The fourth-order valence-electron chi connectivity index (χ4n) is 2.59. The molecule has 25 heavy (non-hydrogen) atoms. The number of nitrogens with zero attached hydrogens (tertiary/aromatic N) is 4. The number of benzene rings is 2. The van der Waals surface area contributed by atoms with Gasteiger partial charge in [-0.1, -0.05) is 25.5 Å². The highest BCUT2D eigenvalue weighted by Gasteiger charge is 2.15. The zero-order valence-corrected chi connectivity index (χ0v) is 14.9. The number of rotatable bonds is 6. The fourth-order valence-corrected chi connectivity index (χ4v) is 3.64. The number of anilines is 1. The van der Waals surface area contributed by atoms with Crippen LogP contribution in [0.2, 0.25) is 0 Å². The molecule has 0 amide bonds. The zero-order valence-electron chi connectivity index (χ0n) is 14.0. The number of tetrazole rings is 1. The molecule has 0 fully saturated rings. The third-order valence-corrected chi connectivity index (χ3v) is 5.21. The van der Waals surface area contributed by atoms with Crippen molar-refractivity contribution in [3.8, 4) is 5.69 Å². The predicted octanol–water partition coefficient (Wildman–Crippen LogP) is 2.72. The maximum atomic E-state index is 12.5. The SMILES string of the molecule is CCCc1ccc(S(=O)(=O)Nc2ccc(-n3cnnn3)c(C)c2)cc1. The molecule has 0 unspecified atom stereocenters. The van der Waals surface area contributed by atoms with Crippen molar-refractivity contribution in [3.63, 3.8) is 0 Å². The Morgan fingerprint density at radius 1 is 1.12 bits per heavy atom. The molecule has 0 saturated heterocycles. The molecule has 0 bridgehead atoms. The number of hydrogen-bond donors (Lipinski definition) is 1. The van der Waals surface area contributed by atoms with Crippen LogP contribution in [0.3, 0.4) is 0 Å². The van der Waals surface area contributed by atoms with E-state index in [4.69, 9.17) is 0 Å². The summed E-state index contributed by atoms with van der Waals surface area (Å²) in [6.45, 7) is 3.96. The molecule has 0 aliphatic heterocycles. The van der Waals surface area contributed by atoms with E-state index in [2.05, 4.69) is 27.2 Å². The fraction of sp³-hybridized carbons (Fsp3) is 0.235. The number of aromatic nitrogens is 4. The third kappa shape index (κ3) is 3.85. The summed E-state index contributed by atoms with van der Waals surface area (Å²) in [6, 6.07) is 12.2. The van der Waals surface area contributed by atoms with Gasteiger partial charge in [0.05, 0.1) is 10.6 Å². The van der Waals surface area contributed by atoms with Crippen molar-refractivity contribution in [1.82, 2.24) is 20.2 Å². The molecule has 3 aromatic rings. The van der Waals surface area contributed by atoms with Gasteiger partial charge in [0.25, 0.3) is 10.0 Å². The van der Waals surface area contributed by atoms with Crippen LogP contribution in [0.15, 0.2) is 53.7 Å². The van der Waals surface area contributed by atoms with Gasteiger partial charge in [-0.2, -0.15) is 0 Å². The second kappa shape index (κ2) is 7.02. The Balaban J connectivity index is 1.82. The molecule has 0 saturated carbocycles. The average Bonchev–Trinajstić information content (AvgIpc) is 3.10. The second-order valence-corrected chi connectivity index (χ2v) is 7.44. The van der Waals surface area contributed by atoms with Crippen LogP contribution in [0.4, 0.5) is 5.69 Å². The average molecular weight is 357 g/mol. The van der Waals surface area contributed by atoms with Gasteiger partial charge >= 0.3 is 0 Å². The number of hydrogen-bond acceptors (Lipinski definition) is 5. The first kappa shape index (κ1) is 17.1. The monoisotopic (exact) mass is 357 g/mol. The van der Waals surface area contributed by atoms with E-state index >= 15 is 0 Å². The van der Waals surface area contributed by atoms with Gasteiger partial charge in [-0.3, -0.25) is 4.72 Å². The van der Waals surface area contributed by atoms with Crippen LogP contribution in [-0.2, 0) is 16.4 Å². The van der Waals surface area contributed by atoms with E-state index in [-0.39, 0.29) is 4.90 Å². The summed E-state index contributed by atoms with van der Waals surface area (Å²) >= 11 is 0. The number of aryl methyl sites for hydroxylation is 2. The Labute approximate surface area is 146 Å². The Morgan fingerprint density at radius 2 is 1.88 bits per heavy atom. The van der Waals surface area contributed by atoms with Gasteiger partial charge in [0, 0.05) is 5.69 Å². The van der Waals surface area contributed by atoms with Crippen LogP contribution in [0.5, 0.6) is 0 Å². The lowest BCUT2D eigenvalue weighted by atomic mass is 10.1. The van der Waals surface area contributed by atoms with E-state index in [1.165, 1.54) is 11.0 Å². The molecule has 1 aromatic heterocycles. The van der Waals surface area contributed by atoms with Crippen LogP contribution in [0.1, 0.15) is 24.5 Å². The van der Waals surface area contributed by atoms with Crippen molar-refractivity contribution in [3.05, 3.63) is 59.9 Å². The Kier molecular flexibility index (Phi) is 4.80. The largest absolute Gasteiger partial charge is 0.280 e. The molecule has 1 heterocycles. The van der Waals surface area contributed by atoms with Crippen LogP contribution in [0, 0.1) is 6.92 Å². The molecule has 3 rings (SSSR count). The first-order valence-corrected chi connectivity index (χ1v) is 9.43. The number of nitrogens with one attached hydrogen (secondary N) is 1. The van der Waals surface area contributed by atoms with E-state index < -0.39 is 10.0 Å². The molecule has 0 aliphatic rings. The lowest BCUT2D eigenvalue weighted by molar-refractivity contribution is 0.601. The highest BCUT2D eigenvalue weighted by Crippen LogP contribution is 2.21. The van der Waals surface area contributed by atoms with E-state index in [1.54, 1.807) is 30.3 Å². The lowest BCUT2D eigenvalue weighted by Gasteiger charge is -2.11. The maximum absolute atomic E-state index is 12.5. The maximum Gasteiger partial charge on any atom is 0.261 e. The van der Waals surface area contributed by atoms with E-state index in [1.807, 2.05) is 19.1 Å². The summed E-state index contributed by atoms with van der Waals surface area (Å²) in [5.41, 5.74) is 3.26. The molecular weight excluding hydrogens is 338 g/mol. The first-order valence-electron chi connectivity index (χ1n) is 7.95. The van der Waals surface area contributed by atoms with E-state index in [0.29, 0.717) is 5.69 Å². The van der Waals surface area contributed by atoms with Crippen molar-refractivity contribution >= 4 is 15.7 Å². The van der Waals surface area contributed by atoms with Crippen molar-refractivity contribution in [2.45, 2.75) is 31.6 Å². The second-order valence-electron chi connectivity index (χ2n) is 5.76. The molecule has 0 radical (unpaired) electrons. The topological polar surface area (TPSA) is 89.8 Å². The summed E-state index contributed by atoms with van der Waals surface area (Å²) < 4.78 is 29.2. The van der Waals surface area contributed by atoms with Crippen molar-refractivity contribution in [2.24, 2.45) is 0 Å². The van der Waals surface area contributed by atoms with Gasteiger partial charge in [0.15, 0.2) is 0 Å². The zero-order chi connectivity index (χ0) is 17.9. The minimum Gasteiger partial charge on any atom is -0.280 e. The van der Waals surface area contributed by atoms with Crippen LogP contribution < -0.4 is 4.72 Å². The normalized spacial score (nSPS) is 11.4. The van der Waals surface area contributed by atoms with Crippen LogP contribution in [0.25, 0.3) is 5.69 Å². The quantitative estimate of drug-likeness (QED) is 0.732. The molecule has 130 valence electrons. The van der Waals surface area contributed by atoms with Crippen LogP contribution in [-0.4, -0.2) is 28.6 Å². The van der Waals surface area contributed by atoms with Crippen molar-refractivity contribution in [2.75, 3.05) is 4.72 Å². The standard InChI is InChI=1S/C17H19N5O2S/c1-3-4-14-5-8-16(9-6-14)25(23,24)19-15-7-10-17(13(2)11-15)22-12-18-20-21-22/h5-12,19H,3-4H2,1-2H3. The molecule has 2 aromatic carbocycles.